The Morgan fingerprint density at radius 3 is 2.50 bits per heavy atom. The smallest absolute Gasteiger partial charge is 0.416 e. The number of aromatic hydroxyl groups is 1. The topological polar surface area (TPSA) is 123 Å². The van der Waals surface area contributed by atoms with Crippen LogP contribution >= 0.6 is 31.9 Å². The molecule has 2 aromatic heterocycles. The van der Waals surface area contributed by atoms with Crippen molar-refractivity contribution >= 4 is 49.4 Å². The lowest BCUT2D eigenvalue weighted by Crippen LogP contribution is -2.22. The maximum atomic E-state index is 13.0. The number of hydrogen-bond donors (Lipinski definition) is 3. The number of rotatable bonds is 4. The van der Waals surface area contributed by atoms with E-state index in [1.54, 1.807) is 0 Å². The zero-order valence-electron chi connectivity index (χ0n) is 14.5. The summed E-state index contributed by atoms with van der Waals surface area (Å²) in [4.78, 5) is 28.5. The van der Waals surface area contributed by atoms with Gasteiger partial charge >= 0.3 is 6.18 Å². The van der Waals surface area contributed by atoms with Crippen LogP contribution in [0.2, 0.25) is 0 Å². The highest BCUT2D eigenvalue weighted by Crippen LogP contribution is 2.36. The second-order valence-corrected chi connectivity index (χ2v) is 7.47. The maximum Gasteiger partial charge on any atom is 0.416 e. The van der Waals surface area contributed by atoms with Gasteiger partial charge in [-0.1, -0.05) is 0 Å². The zero-order chi connectivity index (χ0) is 22.2. The number of pyridine rings is 1. The van der Waals surface area contributed by atoms with Gasteiger partial charge in [0, 0.05) is 16.7 Å². The van der Waals surface area contributed by atoms with Crippen molar-refractivity contribution in [1.82, 2.24) is 14.8 Å². The average molecular weight is 549 g/mol. The van der Waals surface area contributed by atoms with Gasteiger partial charge in [-0.15, -0.1) is 0 Å². The molecule has 2 amide bonds. The Balaban J connectivity index is 2.06. The molecule has 0 atom stereocenters. The number of benzene rings is 1. The number of carbonyl (C=O) groups is 2. The van der Waals surface area contributed by atoms with Gasteiger partial charge < -0.3 is 16.2 Å². The van der Waals surface area contributed by atoms with Crippen LogP contribution in [0, 0.1) is 0 Å². The van der Waals surface area contributed by atoms with E-state index in [4.69, 9.17) is 5.73 Å². The Kier molecular flexibility index (Phi) is 5.85. The molecule has 0 saturated heterocycles. The third kappa shape index (κ3) is 4.31. The lowest BCUT2D eigenvalue weighted by atomic mass is 10.1. The lowest BCUT2D eigenvalue weighted by Gasteiger charge is -2.15. The number of hydrogen-bond acceptors (Lipinski definition) is 5. The van der Waals surface area contributed by atoms with Crippen LogP contribution < -0.4 is 11.1 Å². The van der Waals surface area contributed by atoms with E-state index < -0.39 is 29.1 Å². The molecule has 0 saturated carbocycles. The number of halogens is 5. The van der Waals surface area contributed by atoms with E-state index in [1.165, 1.54) is 24.4 Å². The molecular weight excluding hydrogens is 539 g/mol. The zero-order valence-corrected chi connectivity index (χ0v) is 17.7. The Morgan fingerprint density at radius 2 is 1.90 bits per heavy atom. The number of nitrogens with two attached hydrogens (primary N) is 1. The number of anilines is 1. The van der Waals surface area contributed by atoms with Gasteiger partial charge in [0.05, 0.1) is 16.8 Å². The number of primary amides is 1. The van der Waals surface area contributed by atoms with Crippen molar-refractivity contribution in [3.05, 3.63) is 62.4 Å². The van der Waals surface area contributed by atoms with E-state index in [2.05, 4.69) is 47.3 Å². The fraction of sp³-hybridized carbons (Fsp3) is 0.0588. The fourth-order valence-corrected chi connectivity index (χ4v) is 3.43. The van der Waals surface area contributed by atoms with Gasteiger partial charge in [0.15, 0.2) is 11.6 Å². The summed E-state index contributed by atoms with van der Waals surface area (Å²) in [6, 6.07) is 5.35. The summed E-state index contributed by atoms with van der Waals surface area (Å²) in [7, 11) is 0. The number of carbonyl (C=O) groups excluding carboxylic acids is 2. The lowest BCUT2D eigenvalue weighted by molar-refractivity contribution is -0.137. The summed E-state index contributed by atoms with van der Waals surface area (Å²) in [6.45, 7) is 0. The number of nitrogens with one attached hydrogen (secondary N) is 1. The van der Waals surface area contributed by atoms with Crippen LogP contribution in [0.5, 0.6) is 5.75 Å². The first kappa shape index (κ1) is 21.8. The molecule has 13 heteroatoms. The summed E-state index contributed by atoms with van der Waals surface area (Å²) >= 11 is 6.05. The average Bonchev–Trinajstić information content (AvgIpc) is 3.04. The fourth-order valence-electron chi connectivity index (χ4n) is 2.50. The summed E-state index contributed by atoms with van der Waals surface area (Å²) in [5.41, 5.74) is 3.16. The quantitative estimate of drug-likeness (QED) is 0.457. The molecule has 30 heavy (non-hydrogen) atoms. The van der Waals surface area contributed by atoms with Crippen molar-refractivity contribution in [3.63, 3.8) is 0 Å². The molecule has 0 unspecified atom stereocenters. The van der Waals surface area contributed by atoms with E-state index in [1.807, 2.05) is 0 Å². The van der Waals surface area contributed by atoms with Gasteiger partial charge in [-0.05, 0) is 56.1 Å². The van der Waals surface area contributed by atoms with Crippen LogP contribution in [0.4, 0.5) is 18.9 Å². The molecule has 4 N–H and O–H groups in total. The van der Waals surface area contributed by atoms with Crippen molar-refractivity contribution in [3.8, 4) is 11.6 Å². The SMILES string of the molecule is NC(=O)c1cc(C(F)(F)F)cc(Br)c1NC(=O)c1cc(Br)nn1-c1ncccc1O. The molecule has 0 radical (unpaired) electrons. The second-order valence-electron chi connectivity index (χ2n) is 5.81. The Morgan fingerprint density at radius 1 is 1.20 bits per heavy atom. The van der Waals surface area contributed by atoms with E-state index >= 15 is 0 Å². The number of nitrogens with zero attached hydrogens (tertiary/aromatic N) is 3. The van der Waals surface area contributed by atoms with E-state index in [0.717, 1.165) is 4.68 Å². The monoisotopic (exact) mass is 547 g/mol. The number of aromatic nitrogens is 3. The highest BCUT2D eigenvalue weighted by atomic mass is 79.9. The molecule has 8 nitrogen and oxygen atoms in total. The maximum absolute atomic E-state index is 13.0. The molecule has 3 rings (SSSR count). The van der Waals surface area contributed by atoms with Gasteiger partial charge in [-0.3, -0.25) is 9.59 Å². The van der Waals surface area contributed by atoms with E-state index in [0.29, 0.717) is 12.1 Å². The van der Waals surface area contributed by atoms with Gasteiger partial charge in [0.2, 0.25) is 0 Å². The second kappa shape index (κ2) is 8.07. The number of amides is 2. The first-order valence-corrected chi connectivity index (χ1v) is 9.49. The van der Waals surface area contributed by atoms with Gasteiger partial charge in [-0.25, -0.2) is 9.67 Å². The largest absolute Gasteiger partial charge is 0.504 e. The van der Waals surface area contributed by atoms with Crippen LogP contribution in [-0.2, 0) is 6.18 Å². The molecule has 0 bridgehead atoms. The first-order chi connectivity index (χ1) is 14.0. The molecule has 0 spiro atoms. The Bertz CT molecular complexity index is 1160. The third-order valence-corrected chi connectivity index (χ3v) is 4.81. The Labute approximate surface area is 183 Å². The minimum Gasteiger partial charge on any atom is -0.504 e. The molecule has 0 aliphatic heterocycles. The van der Waals surface area contributed by atoms with Crippen molar-refractivity contribution in [2.75, 3.05) is 5.32 Å². The van der Waals surface area contributed by atoms with Crippen molar-refractivity contribution < 1.29 is 27.9 Å². The van der Waals surface area contributed by atoms with Crippen LogP contribution in [0.15, 0.2) is 45.6 Å². The molecule has 2 heterocycles. The third-order valence-electron chi connectivity index (χ3n) is 3.80. The predicted molar refractivity (Wildman–Crippen MR) is 106 cm³/mol. The molecule has 0 aliphatic rings. The highest BCUT2D eigenvalue weighted by molar-refractivity contribution is 9.10. The van der Waals surface area contributed by atoms with Gasteiger partial charge in [-0.2, -0.15) is 18.3 Å². The molecular formula is C17H10Br2F3N5O3. The van der Waals surface area contributed by atoms with Crippen molar-refractivity contribution in [1.29, 1.82) is 0 Å². The summed E-state index contributed by atoms with van der Waals surface area (Å²) < 4.78 is 40.2. The highest BCUT2D eigenvalue weighted by Gasteiger charge is 2.33. The van der Waals surface area contributed by atoms with Crippen LogP contribution in [-0.4, -0.2) is 31.7 Å². The summed E-state index contributed by atoms with van der Waals surface area (Å²) in [6.07, 6.45) is -3.36. The van der Waals surface area contributed by atoms with E-state index in [-0.39, 0.29) is 32.0 Å². The predicted octanol–water partition coefficient (Wildman–Crippen LogP) is 3.87. The molecule has 156 valence electrons. The van der Waals surface area contributed by atoms with Gasteiger partial charge in [0.1, 0.15) is 10.3 Å². The number of alkyl halides is 3. The minimum absolute atomic E-state index is 0.0602. The van der Waals surface area contributed by atoms with Crippen LogP contribution in [0.1, 0.15) is 26.4 Å². The van der Waals surface area contributed by atoms with Gasteiger partial charge in [0.25, 0.3) is 11.8 Å². The van der Waals surface area contributed by atoms with E-state index in [9.17, 15) is 27.9 Å². The van der Waals surface area contributed by atoms with Crippen LogP contribution in [0.25, 0.3) is 5.82 Å². The van der Waals surface area contributed by atoms with Crippen LogP contribution in [0.3, 0.4) is 0 Å². The Hall–Kier alpha value is -2.93. The summed E-state index contributed by atoms with van der Waals surface area (Å²) in [5.74, 6) is -2.35. The molecule has 1 aromatic carbocycles. The summed E-state index contributed by atoms with van der Waals surface area (Å²) in [5, 5.41) is 16.4. The normalized spacial score (nSPS) is 11.4. The first-order valence-electron chi connectivity index (χ1n) is 7.91. The van der Waals surface area contributed by atoms with Crippen molar-refractivity contribution in [2.45, 2.75) is 6.18 Å². The van der Waals surface area contributed by atoms with Crippen molar-refractivity contribution in [2.24, 2.45) is 5.73 Å². The minimum atomic E-state index is -4.73. The molecule has 0 aliphatic carbocycles. The molecule has 0 fully saturated rings. The standard InChI is InChI=1S/C17H10Br2F3N5O3/c18-9-5-7(17(20,21)22)4-8(14(23)29)13(9)25-16(30)10-6-12(19)26-27(10)15-11(28)2-1-3-24-15/h1-6,28H,(H2,23,29)(H,25,30). The molecule has 3 aromatic rings.